The van der Waals surface area contributed by atoms with Crippen molar-refractivity contribution in [1.29, 1.82) is 0 Å². The van der Waals surface area contributed by atoms with Gasteiger partial charge in [0.2, 0.25) is 5.91 Å². The van der Waals surface area contributed by atoms with Gasteiger partial charge in [-0.05, 0) is 72.3 Å². The predicted octanol–water partition coefficient (Wildman–Crippen LogP) is 4.23. The number of aryl methyl sites for hydroxylation is 1. The minimum Gasteiger partial charge on any atom is -0.395 e. The van der Waals surface area contributed by atoms with Crippen LogP contribution in [-0.2, 0) is 4.79 Å². The summed E-state index contributed by atoms with van der Waals surface area (Å²) in [7, 11) is 0. The van der Waals surface area contributed by atoms with Crippen molar-refractivity contribution in [3.63, 3.8) is 0 Å². The summed E-state index contributed by atoms with van der Waals surface area (Å²) in [5.74, 6) is -1.35. The molecule has 0 bridgehead atoms. The summed E-state index contributed by atoms with van der Waals surface area (Å²) in [6.45, 7) is 6.50. The largest absolute Gasteiger partial charge is 0.395 e. The van der Waals surface area contributed by atoms with Crippen molar-refractivity contribution in [2.75, 3.05) is 17.2 Å². The van der Waals surface area contributed by atoms with Gasteiger partial charge in [-0.15, -0.1) is 0 Å². The van der Waals surface area contributed by atoms with Gasteiger partial charge in [-0.2, -0.15) is 4.37 Å². The number of nitrogens with zero attached hydrogens (tertiary/aromatic N) is 3. The lowest BCUT2D eigenvalue weighted by molar-refractivity contribution is -0.122. The van der Waals surface area contributed by atoms with Gasteiger partial charge in [0.1, 0.15) is 10.9 Å². The normalized spacial score (nSPS) is 11.9. The second kappa shape index (κ2) is 11.4. The van der Waals surface area contributed by atoms with Gasteiger partial charge in [0.05, 0.1) is 11.2 Å². The fourth-order valence-electron chi connectivity index (χ4n) is 4.16. The van der Waals surface area contributed by atoms with E-state index in [4.69, 9.17) is 11.5 Å². The first kappa shape index (κ1) is 26.7. The van der Waals surface area contributed by atoms with E-state index in [0.717, 1.165) is 34.4 Å². The highest BCUT2D eigenvalue weighted by Gasteiger charge is 2.36. The summed E-state index contributed by atoms with van der Waals surface area (Å²) in [4.78, 5) is 45.6. The molecule has 2 aromatic carbocycles. The molecule has 3 amide bonds. The van der Waals surface area contributed by atoms with E-state index in [9.17, 15) is 14.4 Å². The molecule has 196 valence electrons. The van der Waals surface area contributed by atoms with Crippen LogP contribution in [0.25, 0.3) is 10.9 Å². The zero-order valence-corrected chi connectivity index (χ0v) is 22.3. The maximum absolute atomic E-state index is 14.2. The molecular weight excluding hydrogens is 500 g/mol. The zero-order valence-electron chi connectivity index (χ0n) is 21.5. The number of rotatable bonds is 9. The highest BCUT2D eigenvalue weighted by molar-refractivity contribution is 7.09. The van der Waals surface area contributed by atoms with Gasteiger partial charge < -0.3 is 16.8 Å². The van der Waals surface area contributed by atoms with Crippen LogP contribution >= 0.6 is 11.5 Å². The molecule has 2 heterocycles. The topological polar surface area (TPSA) is 144 Å². The summed E-state index contributed by atoms with van der Waals surface area (Å²) in [5, 5.41) is 3.83. The molecule has 0 aliphatic rings. The predicted molar refractivity (Wildman–Crippen MR) is 150 cm³/mol. The minimum atomic E-state index is -1.04. The molecule has 10 heteroatoms. The molecule has 0 aliphatic carbocycles. The highest BCUT2D eigenvalue weighted by Crippen LogP contribution is 2.34. The van der Waals surface area contributed by atoms with Crippen molar-refractivity contribution in [1.82, 2.24) is 14.7 Å². The van der Waals surface area contributed by atoms with Gasteiger partial charge in [0, 0.05) is 23.8 Å². The Labute approximate surface area is 225 Å². The monoisotopic (exact) mass is 530 g/mol. The summed E-state index contributed by atoms with van der Waals surface area (Å²) in [6.07, 6.45) is 2.48. The number of benzene rings is 2. The van der Waals surface area contributed by atoms with E-state index in [1.54, 1.807) is 18.3 Å². The zero-order chi connectivity index (χ0) is 27.4. The second-order valence-electron chi connectivity index (χ2n) is 9.48. The van der Waals surface area contributed by atoms with Crippen LogP contribution < -0.4 is 21.7 Å². The first-order valence-corrected chi connectivity index (χ1v) is 13.0. The maximum Gasteiger partial charge on any atom is 0.273 e. The van der Waals surface area contributed by atoms with Crippen molar-refractivity contribution < 1.29 is 14.4 Å². The van der Waals surface area contributed by atoms with E-state index in [1.165, 1.54) is 4.90 Å². The number of hydrogen-bond acceptors (Lipinski definition) is 7. The Morgan fingerprint density at radius 1 is 1.08 bits per heavy atom. The number of nitrogens with two attached hydrogens (primary N) is 2. The quantitative estimate of drug-likeness (QED) is 0.295. The lowest BCUT2D eigenvalue weighted by Gasteiger charge is -2.31. The number of pyridine rings is 1. The Kier molecular flexibility index (Phi) is 8.02. The first-order chi connectivity index (χ1) is 18.2. The van der Waals surface area contributed by atoms with E-state index < -0.39 is 17.9 Å². The van der Waals surface area contributed by atoms with Crippen molar-refractivity contribution >= 4 is 51.5 Å². The Hall–Kier alpha value is -4.31. The van der Waals surface area contributed by atoms with Crippen molar-refractivity contribution in [2.45, 2.75) is 33.2 Å². The Bertz CT molecular complexity index is 1500. The van der Waals surface area contributed by atoms with E-state index in [0.29, 0.717) is 23.7 Å². The third kappa shape index (κ3) is 5.65. The van der Waals surface area contributed by atoms with Crippen LogP contribution in [0.3, 0.4) is 0 Å². The number of nitrogen functional groups attached to an aromatic ring is 1. The molecule has 2 aromatic heterocycles. The average molecular weight is 531 g/mol. The van der Waals surface area contributed by atoms with Gasteiger partial charge in [-0.3, -0.25) is 24.3 Å². The number of carbonyl (C=O) groups excluding carboxylic acids is 3. The molecule has 0 saturated carbocycles. The molecule has 4 aromatic rings. The van der Waals surface area contributed by atoms with Gasteiger partial charge in [0.25, 0.3) is 11.8 Å². The first-order valence-electron chi connectivity index (χ1n) is 12.2. The van der Waals surface area contributed by atoms with Crippen LogP contribution in [0.5, 0.6) is 0 Å². The Morgan fingerprint density at radius 2 is 1.87 bits per heavy atom. The number of fused-ring (bicyclic) bond motifs is 1. The summed E-state index contributed by atoms with van der Waals surface area (Å²) in [5.41, 5.74) is 14.0. The Morgan fingerprint density at radius 3 is 2.55 bits per heavy atom. The summed E-state index contributed by atoms with van der Waals surface area (Å²) in [6, 6.07) is 15.4. The van der Waals surface area contributed by atoms with E-state index in [2.05, 4.69) is 28.5 Å². The van der Waals surface area contributed by atoms with Crippen LogP contribution in [0.15, 0.2) is 60.8 Å². The molecule has 1 atom stereocenters. The number of anilines is 2. The van der Waals surface area contributed by atoms with Crippen LogP contribution in [0, 0.1) is 12.8 Å². The maximum atomic E-state index is 14.2. The number of carbonyl (C=O) groups is 3. The molecule has 0 spiro atoms. The van der Waals surface area contributed by atoms with Crippen molar-refractivity contribution in [3.05, 3.63) is 82.5 Å². The lowest BCUT2D eigenvalue weighted by Crippen LogP contribution is -2.44. The van der Waals surface area contributed by atoms with Crippen LogP contribution in [0.1, 0.15) is 57.6 Å². The molecule has 1 unspecified atom stereocenters. The number of hydrogen-bond donors (Lipinski definition) is 3. The molecule has 0 fully saturated rings. The third-order valence-electron chi connectivity index (χ3n) is 6.12. The number of nitrogens with one attached hydrogen (secondary N) is 1. The average Bonchev–Trinajstić information content (AvgIpc) is 3.27. The van der Waals surface area contributed by atoms with Gasteiger partial charge in [-0.1, -0.05) is 38.1 Å². The Balaban J connectivity index is 1.89. The van der Waals surface area contributed by atoms with E-state index in [-0.39, 0.29) is 22.2 Å². The van der Waals surface area contributed by atoms with Crippen LogP contribution in [0.2, 0.25) is 0 Å². The smallest absolute Gasteiger partial charge is 0.273 e. The summed E-state index contributed by atoms with van der Waals surface area (Å²) < 4.78 is 4.00. The molecule has 0 aliphatic heterocycles. The molecule has 38 heavy (non-hydrogen) atoms. The third-order valence-corrected chi connectivity index (χ3v) is 6.98. The number of amides is 3. The molecule has 0 radical (unpaired) electrons. The highest BCUT2D eigenvalue weighted by atomic mass is 32.1. The second-order valence-corrected chi connectivity index (χ2v) is 10.3. The van der Waals surface area contributed by atoms with Gasteiger partial charge in [-0.25, -0.2) is 0 Å². The van der Waals surface area contributed by atoms with Crippen molar-refractivity contribution in [2.24, 2.45) is 11.7 Å². The fraction of sp³-hybridized carbons (Fsp3) is 0.250. The lowest BCUT2D eigenvalue weighted by atomic mass is 9.99. The van der Waals surface area contributed by atoms with E-state index in [1.807, 2.05) is 49.4 Å². The van der Waals surface area contributed by atoms with Gasteiger partial charge >= 0.3 is 0 Å². The molecular formula is C28H30N6O3S. The number of primary amides is 1. The number of aromatic nitrogens is 2. The molecule has 4 rings (SSSR count). The SMILES string of the molecule is Cc1cccc(N(C(=O)c2snc(C(N)=O)c2N)C(C(=O)NCCC(C)C)c2ccc3ncccc3c2)c1. The summed E-state index contributed by atoms with van der Waals surface area (Å²) >= 11 is 0.780. The molecule has 9 nitrogen and oxygen atoms in total. The fourth-order valence-corrected chi connectivity index (χ4v) is 4.90. The molecule has 5 N–H and O–H groups in total. The van der Waals surface area contributed by atoms with Gasteiger partial charge in [0.15, 0.2) is 5.69 Å². The van der Waals surface area contributed by atoms with E-state index >= 15 is 0 Å². The van der Waals surface area contributed by atoms with Crippen molar-refractivity contribution in [3.8, 4) is 0 Å². The minimum absolute atomic E-state index is 0.0303. The molecule has 0 saturated heterocycles. The standard InChI is InChI=1S/C28H30N6O3S/c1-16(2)11-13-32-27(36)24(19-9-10-21-18(15-19)7-5-12-31-21)34(20-8-4-6-17(3)14-20)28(37)25-22(29)23(26(30)35)33-38-25/h4-10,12,14-16,24H,11,13,29H2,1-3H3,(H2,30,35)(H,32,36). The van der Waals surface area contributed by atoms with Crippen LogP contribution in [0.4, 0.5) is 11.4 Å². The van der Waals surface area contributed by atoms with Crippen LogP contribution in [-0.4, -0.2) is 33.6 Å².